The molecule has 1 saturated heterocycles. The summed E-state index contributed by atoms with van der Waals surface area (Å²) in [6.45, 7) is 6.05. The lowest BCUT2D eigenvalue weighted by Crippen LogP contribution is -2.32. The Hall–Kier alpha value is -0.770. The molecule has 0 aromatic heterocycles. The maximum absolute atomic E-state index is 11.6. The van der Waals surface area contributed by atoms with Crippen LogP contribution in [0.5, 0.6) is 0 Å². The lowest BCUT2D eigenvalue weighted by Gasteiger charge is -2.12. The van der Waals surface area contributed by atoms with Crippen molar-refractivity contribution in [2.24, 2.45) is 11.1 Å². The molecule has 0 N–H and O–H groups in total. The summed E-state index contributed by atoms with van der Waals surface area (Å²) in [4.78, 5) is 22.0. The van der Waals surface area contributed by atoms with E-state index in [1.54, 1.807) is 6.92 Å². The van der Waals surface area contributed by atoms with Crippen molar-refractivity contribution in [3.8, 4) is 0 Å². The van der Waals surface area contributed by atoms with Crippen molar-refractivity contribution in [3.63, 3.8) is 0 Å². The van der Waals surface area contributed by atoms with Crippen LogP contribution in [0.2, 0.25) is 0 Å². The summed E-state index contributed by atoms with van der Waals surface area (Å²) >= 11 is 0. The zero-order valence-electron chi connectivity index (χ0n) is 8.24. The molecule has 1 heterocycles. The monoisotopic (exact) mass is 185 g/mol. The number of carbonyl (C=O) groups is 1. The summed E-state index contributed by atoms with van der Waals surface area (Å²) in [5.41, 5.74) is -0.715. The zero-order chi connectivity index (χ0) is 10.1. The molecule has 4 nitrogen and oxygen atoms in total. The number of rotatable bonds is 5. The van der Waals surface area contributed by atoms with Crippen LogP contribution in [0.25, 0.3) is 0 Å². The van der Waals surface area contributed by atoms with Crippen LogP contribution >= 0.6 is 0 Å². The first kappa shape index (κ1) is 10.3. The van der Waals surface area contributed by atoms with Crippen molar-refractivity contribution in [2.75, 3.05) is 6.61 Å². The maximum Gasteiger partial charge on any atom is 0.194 e. The smallest absolute Gasteiger partial charge is 0.194 e. The second-order valence-corrected chi connectivity index (χ2v) is 4.13. The zero-order valence-corrected chi connectivity index (χ0v) is 8.24. The van der Waals surface area contributed by atoms with Gasteiger partial charge in [0.1, 0.15) is 5.60 Å². The van der Waals surface area contributed by atoms with Gasteiger partial charge in [-0.2, -0.15) is 4.91 Å². The summed E-state index contributed by atoms with van der Waals surface area (Å²) in [6.07, 6.45) is 0.515. The Labute approximate surface area is 77.6 Å². The molecule has 0 bridgehead atoms. The fourth-order valence-electron chi connectivity index (χ4n) is 1.25. The van der Waals surface area contributed by atoms with Gasteiger partial charge in [-0.3, -0.25) is 4.79 Å². The molecule has 1 aliphatic rings. The van der Waals surface area contributed by atoms with Crippen LogP contribution in [-0.2, 0) is 9.53 Å². The standard InChI is InChI=1S/C9H15NO3/c1-6(2)4-7(10-12)8(11)9(3)5-13-9/h6-7H,4-5H2,1-3H3. The number of Topliss-reactive ketones (excluding diaryl/α,β-unsaturated/α-hetero) is 1. The number of ether oxygens (including phenoxy) is 1. The van der Waals surface area contributed by atoms with Crippen LogP contribution in [0, 0.1) is 10.8 Å². The molecule has 2 atom stereocenters. The quantitative estimate of drug-likeness (QED) is 0.482. The van der Waals surface area contributed by atoms with Crippen LogP contribution in [-0.4, -0.2) is 24.0 Å². The Kier molecular flexibility index (Phi) is 2.81. The number of hydrogen-bond acceptors (Lipinski definition) is 4. The predicted molar refractivity (Wildman–Crippen MR) is 48.4 cm³/mol. The molecule has 1 fully saturated rings. The topological polar surface area (TPSA) is 59.0 Å². The van der Waals surface area contributed by atoms with Crippen molar-refractivity contribution in [1.82, 2.24) is 0 Å². The Morgan fingerprint density at radius 2 is 2.15 bits per heavy atom. The molecule has 0 aromatic rings. The van der Waals surface area contributed by atoms with E-state index in [2.05, 4.69) is 5.18 Å². The second kappa shape index (κ2) is 3.54. The van der Waals surface area contributed by atoms with E-state index >= 15 is 0 Å². The third-order valence-electron chi connectivity index (χ3n) is 2.22. The lowest BCUT2D eigenvalue weighted by molar-refractivity contribution is -0.125. The Balaban J connectivity index is 2.56. The highest BCUT2D eigenvalue weighted by Gasteiger charge is 2.50. The fraction of sp³-hybridized carbons (Fsp3) is 0.889. The van der Waals surface area contributed by atoms with Gasteiger partial charge >= 0.3 is 0 Å². The van der Waals surface area contributed by atoms with Gasteiger partial charge in [0.25, 0.3) is 0 Å². The van der Waals surface area contributed by atoms with E-state index in [0.29, 0.717) is 18.9 Å². The summed E-state index contributed by atoms with van der Waals surface area (Å²) in [5.74, 6) is 0.130. The predicted octanol–water partition coefficient (Wildman–Crippen LogP) is 1.53. The number of nitroso groups, excluding NO2 is 1. The van der Waals surface area contributed by atoms with E-state index < -0.39 is 11.6 Å². The summed E-state index contributed by atoms with van der Waals surface area (Å²) in [6, 6.07) is -0.729. The van der Waals surface area contributed by atoms with Crippen LogP contribution in [0.1, 0.15) is 27.2 Å². The Morgan fingerprint density at radius 3 is 2.46 bits per heavy atom. The molecule has 0 aliphatic carbocycles. The molecule has 0 aromatic carbocycles. The third kappa shape index (κ3) is 2.34. The fourth-order valence-corrected chi connectivity index (χ4v) is 1.25. The van der Waals surface area contributed by atoms with Crippen molar-refractivity contribution in [3.05, 3.63) is 4.91 Å². The molecule has 2 unspecified atom stereocenters. The third-order valence-corrected chi connectivity index (χ3v) is 2.22. The lowest BCUT2D eigenvalue weighted by atomic mass is 9.94. The number of epoxide rings is 1. The van der Waals surface area contributed by atoms with E-state index in [0.717, 1.165) is 0 Å². The molecule has 1 rings (SSSR count). The first-order valence-electron chi connectivity index (χ1n) is 4.50. The largest absolute Gasteiger partial charge is 0.361 e. The Bertz CT molecular complexity index is 221. The Morgan fingerprint density at radius 1 is 1.62 bits per heavy atom. The highest BCUT2D eigenvalue weighted by Crippen LogP contribution is 2.30. The van der Waals surface area contributed by atoms with Gasteiger partial charge in [0.15, 0.2) is 11.8 Å². The van der Waals surface area contributed by atoms with Crippen molar-refractivity contribution in [1.29, 1.82) is 0 Å². The van der Waals surface area contributed by atoms with Crippen LogP contribution in [0.3, 0.4) is 0 Å². The molecule has 74 valence electrons. The van der Waals surface area contributed by atoms with Gasteiger partial charge in [0, 0.05) is 0 Å². The molecule has 4 heteroatoms. The molecule has 13 heavy (non-hydrogen) atoms. The van der Waals surface area contributed by atoms with Crippen molar-refractivity contribution >= 4 is 5.78 Å². The molecule has 1 aliphatic heterocycles. The molecule has 0 amide bonds. The average Bonchev–Trinajstić information content (AvgIpc) is 2.79. The minimum atomic E-state index is -0.729. The molecular weight excluding hydrogens is 170 g/mol. The highest BCUT2D eigenvalue weighted by molar-refractivity contribution is 5.93. The maximum atomic E-state index is 11.6. The second-order valence-electron chi connectivity index (χ2n) is 4.13. The average molecular weight is 185 g/mol. The molecule has 0 saturated carbocycles. The van der Waals surface area contributed by atoms with E-state index in [1.807, 2.05) is 13.8 Å². The number of hydrogen-bond donors (Lipinski definition) is 0. The van der Waals surface area contributed by atoms with Gasteiger partial charge in [-0.25, -0.2) is 0 Å². The van der Waals surface area contributed by atoms with Crippen LogP contribution in [0.4, 0.5) is 0 Å². The van der Waals surface area contributed by atoms with Gasteiger partial charge in [0.05, 0.1) is 6.61 Å². The summed E-state index contributed by atoms with van der Waals surface area (Å²) < 4.78 is 4.97. The SMILES string of the molecule is CC(C)CC(N=O)C(=O)C1(C)CO1. The molecular formula is C9H15NO3. The summed E-state index contributed by atoms with van der Waals surface area (Å²) in [5, 5.41) is 2.86. The molecule has 0 radical (unpaired) electrons. The molecule has 0 spiro atoms. The highest BCUT2D eigenvalue weighted by atomic mass is 16.6. The number of nitrogens with zero attached hydrogens (tertiary/aromatic N) is 1. The van der Waals surface area contributed by atoms with Crippen LogP contribution < -0.4 is 0 Å². The van der Waals surface area contributed by atoms with Crippen molar-refractivity contribution in [2.45, 2.75) is 38.8 Å². The summed E-state index contributed by atoms with van der Waals surface area (Å²) in [7, 11) is 0. The minimum Gasteiger partial charge on any atom is -0.361 e. The van der Waals surface area contributed by atoms with Gasteiger partial charge in [-0.05, 0) is 19.3 Å². The van der Waals surface area contributed by atoms with Crippen molar-refractivity contribution < 1.29 is 9.53 Å². The first-order valence-corrected chi connectivity index (χ1v) is 4.50. The first-order chi connectivity index (χ1) is 5.99. The van der Waals surface area contributed by atoms with Gasteiger partial charge in [-0.1, -0.05) is 19.0 Å². The van der Waals surface area contributed by atoms with Gasteiger partial charge in [0.2, 0.25) is 0 Å². The normalized spacial score (nSPS) is 28.6. The van der Waals surface area contributed by atoms with Gasteiger partial charge < -0.3 is 4.74 Å². The van der Waals surface area contributed by atoms with Crippen LogP contribution in [0.15, 0.2) is 5.18 Å². The van der Waals surface area contributed by atoms with E-state index in [9.17, 15) is 9.70 Å². The van der Waals surface area contributed by atoms with E-state index in [4.69, 9.17) is 4.74 Å². The van der Waals surface area contributed by atoms with E-state index in [1.165, 1.54) is 0 Å². The number of ketones is 1. The minimum absolute atomic E-state index is 0.170. The van der Waals surface area contributed by atoms with E-state index in [-0.39, 0.29) is 5.78 Å². The number of carbonyl (C=O) groups excluding carboxylic acids is 1. The van der Waals surface area contributed by atoms with Gasteiger partial charge in [-0.15, -0.1) is 0 Å².